The highest BCUT2D eigenvalue weighted by Crippen LogP contribution is 2.45. The molecule has 0 N–H and O–H groups in total. The number of alkyl halides is 3. The molecule has 154 valence electrons. The standard InChI is InChI=1S/C21H27F3N2O2/c1-2-15-12-26-19(27)8-7-18-13-25(10-9-20(18,26)28-14-15)11-16-3-5-17(6-4-16)21(22,23)24/h3-6,15,18H,2,7-14H2,1H3/t15-,18-,20-/m1/s1. The first-order valence-electron chi connectivity index (χ1n) is 10.1. The van der Waals surface area contributed by atoms with Gasteiger partial charge in [0, 0.05) is 44.9 Å². The van der Waals surface area contributed by atoms with Crippen molar-refractivity contribution in [1.82, 2.24) is 9.80 Å². The molecule has 1 amide bonds. The molecule has 7 heteroatoms. The Bertz CT molecular complexity index is 721. The molecule has 3 heterocycles. The molecule has 3 saturated heterocycles. The van der Waals surface area contributed by atoms with E-state index in [2.05, 4.69) is 11.8 Å². The summed E-state index contributed by atoms with van der Waals surface area (Å²) in [5.74, 6) is 0.857. The Kier molecular flexibility index (Phi) is 5.16. The highest BCUT2D eigenvalue weighted by atomic mass is 19.4. The molecule has 1 aromatic rings. The van der Waals surface area contributed by atoms with Crippen LogP contribution in [0.3, 0.4) is 0 Å². The lowest BCUT2D eigenvalue weighted by molar-refractivity contribution is -0.258. The third-order valence-electron chi connectivity index (χ3n) is 6.64. The number of likely N-dealkylation sites (tertiary alicyclic amines) is 1. The van der Waals surface area contributed by atoms with Crippen LogP contribution in [0.15, 0.2) is 24.3 Å². The summed E-state index contributed by atoms with van der Waals surface area (Å²) < 4.78 is 44.6. The van der Waals surface area contributed by atoms with Crippen molar-refractivity contribution in [3.05, 3.63) is 35.4 Å². The Morgan fingerprint density at radius 3 is 2.64 bits per heavy atom. The van der Waals surface area contributed by atoms with Crippen molar-refractivity contribution in [2.45, 2.75) is 51.1 Å². The molecule has 3 aliphatic rings. The van der Waals surface area contributed by atoms with Crippen LogP contribution in [-0.2, 0) is 22.3 Å². The Labute approximate surface area is 163 Å². The highest BCUT2D eigenvalue weighted by molar-refractivity contribution is 5.78. The molecular formula is C21H27F3N2O2. The van der Waals surface area contributed by atoms with E-state index in [-0.39, 0.29) is 11.8 Å². The fourth-order valence-corrected chi connectivity index (χ4v) is 4.93. The third kappa shape index (κ3) is 3.54. The maximum atomic E-state index is 12.7. The maximum absolute atomic E-state index is 12.7. The molecule has 1 spiro atoms. The van der Waals surface area contributed by atoms with E-state index in [1.54, 1.807) is 12.1 Å². The van der Waals surface area contributed by atoms with Crippen LogP contribution in [0.4, 0.5) is 13.2 Å². The first-order valence-corrected chi connectivity index (χ1v) is 10.1. The zero-order chi connectivity index (χ0) is 19.9. The smallest absolute Gasteiger partial charge is 0.355 e. The minimum Gasteiger partial charge on any atom is -0.355 e. The van der Waals surface area contributed by atoms with Crippen LogP contribution in [0.5, 0.6) is 0 Å². The van der Waals surface area contributed by atoms with E-state index >= 15 is 0 Å². The number of ether oxygens (including phenoxy) is 1. The molecular weight excluding hydrogens is 369 g/mol. The molecule has 0 saturated carbocycles. The zero-order valence-electron chi connectivity index (χ0n) is 16.2. The number of hydrogen-bond acceptors (Lipinski definition) is 3. The lowest BCUT2D eigenvalue weighted by atomic mass is 9.78. The second kappa shape index (κ2) is 7.34. The average molecular weight is 396 g/mol. The zero-order valence-corrected chi connectivity index (χ0v) is 16.2. The average Bonchev–Trinajstić information content (AvgIpc) is 2.68. The SMILES string of the molecule is CC[C@H]1CO[C@]23CCN(Cc4ccc(C(F)(F)F)cc4)C[C@H]2CCC(=O)N3C1. The number of halogens is 3. The van der Waals surface area contributed by atoms with E-state index in [1.165, 1.54) is 0 Å². The Balaban J connectivity index is 1.44. The van der Waals surface area contributed by atoms with Gasteiger partial charge in [-0.05, 0) is 36.5 Å². The van der Waals surface area contributed by atoms with E-state index in [1.807, 2.05) is 4.90 Å². The largest absolute Gasteiger partial charge is 0.416 e. The first kappa shape index (κ1) is 19.7. The molecule has 4 rings (SSSR count). The predicted octanol–water partition coefficient (Wildman–Crippen LogP) is 3.90. The third-order valence-corrected chi connectivity index (χ3v) is 6.64. The number of benzene rings is 1. The van der Waals surface area contributed by atoms with Crippen molar-refractivity contribution in [3.63, 3.8) is 0 Å². The Morgan fingerprint density at radius 2 is 1.96 bits per heavy atom. The van der Waals surface area contributed by atoms with Gasteiger partial charge in [0.25, 0.3) is 0 Å². The molecule has 1 aromatic carbocycles. The lowest BCUT2D eigenvalue weighted by Gasteiger charge is -2.58. The van der Waals surface area contributed by atoms with Crippen LogP contribution >= 0.6 is 0 Å². The van der Waals surface area contributed by atoms with E-state index in [0.717, 1.165) is 56.6 Å². The highest BCUT2D eigenvalue weighted by Gasteiger charge is 2.55. The molecule has 0 aliphatic carbocycles. The Hall–Kier alpha value is -1.60. The number of amides is 1. The van der Waals surface area contributed by atoms with Gasteiger partial charge in [-0.25, -0.2) is 0 Å². The van der Waals surface area contributed by atoms with Gasteiger partial charge in [0.15, 0.2) is 0 Å². The first-order chi connectivity index (χ1) is 13.3. The molecule has 3 fully saturated rings. The summed E-state index contributed by atoms with van der Waals surface area (Å²) >= 11 is 0. The van der Waals surface area contributed by atoms with Crippen LogP contribution in [0.25, 0.3) is 0 Å². The molecule has 0 aromatic heterocycles. The Morgan fingerprint density at radius 1 is 1.21 bits per heavy atom. The number of carbonyl (C=O) groups excluding carboxylic acids is 1. The van der Waals surface area contributed by atoms with E-state index < -0.39 is 17.5 Å². The topological polar surface area (TPSA) is 32.8 Å². The molecule has 3 atom stereocenters. The van der Waals surface area contributed by atoms with Crippen LogP contribution in [0, 0.1) is 11.8 Å². The molecule has 3 aliphatic heterocycles. The van der Waals surface area contributed by atoms with Crippen LogP contribution in [0.1, 0.15) is 43.7 Å². The van der Waals surface area contributed by atoms with Gasteiger partial charge in [-0.15, -0.1) is 0 Å². The summed E-state index contributed by atoms with van der Waals surface area (Å²) in [6.45, 7) is 5.82. The molecule has 0 bridgehead atoms. The normalized spacial score (nSPS) is 31.4. The second-order valence-corrected chi connectivity index (χ2v) is 8.35. The summed E-state index contributed by atoms with van der Waals surface area (Å²) in [6, 6.07) is 5.42. The fourth-order valence-electron chi connectivity index (χ4n) is 4.93. The van der Waals surface area contributed by atoms with Crippen LogP contribution in [0.2, 0.25) is 0 Å². The van der Waals surface area contributed by atoms with Gasteiger partial charge in [-0.2, -0.15) is 13.2 Å². The summed E-state index contributed by atoms with van der Waals surface area (Å²) in [6.07, 6.45) is -1.16. The quantitative estimate of drug-likeness (QED) is 0.777. The minimum absolute atomic E-state index is 0.200. The van der Waals surface area contributed by atoms with Crippen molar-refractivity contribution in [3.8, 4) is 0 Å². The summed E-state index contributed by atoms with van der Waals surface area (Å²) in [5.41, 5.74) is -0.211. The molecule has 4 nitrogen and oxygen atoms in total. The monoisotopic (exact) mass is 396 g/mol. The summed E-state index contributed by atoms with van der Waals surface area (Å²) in [4.78, 5) is 16.8. The van der Waals surface area contributed by atoms with Crippen molar-refractivity contribution in [2.75, 3.05) is 26.2 Å². The fraction of sp³-hybridized carbons (Fsp3) is 0.667. The minimum atomic E-state index is -4.30. The lowest BCUT2D eigenvalue weighted by Crippen LogP contribution is -2.69. The number of piperidine rings is 2. The van der Waals surface area contributed by atoms with Crippen molar-refractivity contribution in [1.29, 1.82) is 0 Å². The van der Waals surface area contributed by atoms with E-state index in [9.17, 15) is 18.0 Å². The van der Waals surface area contributed by atoms with Crippen molar-refractivity contribution < 1.29 is 22.7 Å². The molecule has 0 radical (unpaired) electrons. The number of carbonyl (C=O) groups is 1. The van der Waals surface area contributed by atoms with Gasteiger partial charge in [0.2, 0.25) is 5.91 Å². The maximum Gasteiger partial charge on any atom is 0.416 e. The summed E-state index contributed by atoms with van der Waals surface area (Å²) in [7, 11) is 0. The van der Waals surface area contributed by atoms with Crippen LogP contribution in [-0.4, -0.2) is 47.7 Å². The van der Waals surface area contributed by atoms with E-state index in [0.29, 0.717) is 25.5 Å². The van der Waals surface area contributed by atoms with Gasteiger partial charge in [0.1, 0.15) is 5.72 Å². The van der Waals surface area contributed by atoms with E-state index in [4.69, 9.17) is 4.74 Å². The van der Waals surface area contributed by atoms with Gasteiger partial charge in [0.05, 0.1) is 12.2 Å². The van der Waals surface area contributed by atoms with Gasteiger partial charge in [-0.1, -0.05) is 19.1 Å². The van der Waals surface area contributed by atoms with Gasteiger partial charge >= 0.3 is 6.18 Å². The number of hydrogen-bond donors (Lipinski definition) is 0. The van der Waals surface area contributed by atoms with Crippen molar-refractivity contribution >= 4 is 5.91 Å². The van der Waals surface area contributed by atoms with Gasteiger partial charge in [-0.3, -0.25) is 9.69 Å². The predicted molar refractivity (Wildman–Crippen MR) is 98.2 cm³/mol. The number of nitrogens with zero attached hydrogens (tertiary/aromatic N) is 2. The molecule has 28 heavy (non-hydrogen) atoms. The second-order valence-electron chi connectivity index (χ2n) is 8.35. The summed E-state index contributed by atoms with van der Waals surface area (Å²) in [5, 5.41) is 0. The van der Waals surface area contributed by atoms with Gasteiger partial charge < -0.3 is 9.64 Å². The van der Waals surface area contributed by atoms with Crippen molar-refractivity contribution in [2.24, 2.45) is 11.8 Å². The molecule has 0 unspecified atom stereocenters. The number of rotatable bonds is 3. The van der Waals surface area contributed by atoms with Crippen LogP contribution < -0.4 is 0 Å².